The highest BCUT2D eigenvalue weighted by atomic mass is 32.1. The predicted octanol–water partition coefficient (Wildman–Crippen LogP) is 3.10. The zero-order chi connectivity index (χ0) is 18.1. The van der Waals surface area contributed by atoms with Crippen LogP contribution in [0.5, 0.6) is 0 Å². The lowest BCUT2D eigenvalue weighted by Crippen LogP contribution is -2.26. The Labute approximate surface area is 155 Å². The topological polar surface area (TPSA) is 87.0 Å². The molecule has 1 aromatic carbocycles. The highest BCUT2D eigenvalue weighted by molar-refractivity contribution is 7.22. The highest BCUT2D eigenvalue weighted by Crippen LogP contribution is 2.31. The van der Waals surface area contributed by atoms with E-state index in [0.717, 1.165) is 14.6 Å². The van der Waals surface area contributed by atoms with Crippen molar-refractivity contribution in [2.75, 3.05) is 0 Å². The molecule has 3 aromatic heterocycles. The Bertz CT molecular complexity index is 1150. The molecule has 0 spiro atoms. The van der Waals surface area contributed by atoms with E-state index in [9.17, 15) is 9.59 Å². The van der Waals surface area contributed by atoms with Gasteiger partial charge in [0.05, 0.1) is 16.0 Å². The summed E-state index contributed by atoms with van der Waals surface area (Å²) in [6.07, 6.45) is 0. The van der Waals surface area contributed by atoms with Crippen LogP contribution >= 0.6 is 22.7 Å². The summed E-state index contributed by atoms with van der Waals surface area (Å²) < 4.78 is 6.28. The standard InChI is InChI=1S/C17H12N4O3S2/c1-10-14(26-15(18-10)13-7-4-8-25-13)17(23)24-9-21-16(22)11-5-2-3-6-12(11)19-20-21/h2-8H,9H2,1H3. The quantitative estimate of drug-likeness (QED) is 0.503. The van der Waals surface area contributed by atoms with Crippen LogP contribution in [0.25, 0.3) is 20.8 Å². The van der Waals surface area contributed by atoms with Gasteiger partial charge in [-0.05, 0) is 30.5 Å². The first kappa shape index (κ1) is 16.6. The fraction of sp³-hybridized carbons (Fsp3) is 0.118. The zero-order valence-electron chi connectivity index (χ0n) is 13.6. The maximum absolute atomic E-state index is 12.4. The molecule has 0 aliphatic rings. The number of hydrogen-bond donors (Lipinski definition) is 0. The van der Waals surface area contributed by atoms with Crippen molar-refractivity contribution in [2.24, 2.45) is 0 Å². The van der Waals surface area contributed by atoms with E-state index in [-0.39, 0.29) is 12.3 Å². The number of aromatic nitrogens is 4. The number of thiophene rings is 1. The molecule has 0 saturated carbocycles. The summed E-state index contributed by atoms with van der Waals surface area (Å²) in [5.74, 6) is -0.537. The molecule has 0 atom stereocenters. The Hall–Kier alpha value is -2.91. The fourth-order valence-corrected chi connectivity index (χ4v) is 4.14. The lowest BCUT2D eigenvalue weighted by molar-refractivity contribution is 0.0341. The molecule has 26 heavy (non-hydrogen) atoms. The van der Waals surface area contributed by atoms with Crippen molar-refractivity contribution in [1.82, 2.24) is 20.0 Å². The number of rotatable bonds is 4. The first-order valence-corrected chi connectivity index (χ1v) is 9.34. The molecule has 0 aliphatic carbocycles. The second-order valence-corrected chi connectivity index (χ2v) is 7.33. The SMILES string of the molecule is Cc1nc(-c2cccs2)sc1C(=O)OCn1nnc2ccccc2c1=O. The molecule has 0 saturated heterocycles. The molecule has 130 valence electrons. The largest absolute Gasteiger partial charge is 0.438 e. The summed E-state index contributed by atoms with van der Waals surface area (Å²) in [6, 6.07) is 10.8. The van der Waals surface area contributed by atoms with E-state index >= 15 is 0 Å². The number of fused-ring (bicyclic) bond motifs is 1. The third-order valence-electron chi connectivity index (χ3n) is 3.66. The lowest BCUT2D eigenvalue weighted by atomic mass is 10.2. The van der Waals surface area contributed by atoms with E-state index in [0.29, 0.717) is 21.5 Å². The van der Waals surface area contributed by atoms with Gasteiger partial charge in [0.1, 0.15) is 15.4 Å². The number of carbonyl (C=O) groups is 1. The van der Waals surface area contributed by atoms with Crippen LogP contribution in [0, 0.1) is 6.92 Å². The summed E-state index contributed by atoms with van der Waals surface area (Å²) >= 11 is 2.82. The predicted molar refractivity (Wildman–Crippen MR) is 99.4 cm³/mol. The zero-order valence-corrected chi connectivity index (χ0v) is 15.2. The van der Waals surface area contributed by atoms with Gasteiger partial charge in [-0.2, -0.15) is 4.68 Å². The third kappa shape index (κ3) is 3.02. The Morgan fingerprint density at radius 1 is 1.23 bits per heavy atom. The van der Waals surface area contributed by atoms with E-state index in [4.69, 9.17) is 4.74 Å². The van der Waals surface area contributed by atoms with Crippen LogP contribution in [0.4, 0.5) is 0 Å². The van der Waals surface area contributed by atoms with Crippen molar-refractivity contribution in [1.29, 1.82) is 0 Å². The number of ether oxygens (including phenoxy) is 1. The first-order valence-electron chi connectivity index (χ1n) is 7.64. The smallest absolute Gasteiger partial charge is 0.352 e. The average molecular weight is 384 g/mol. The van der Waals surface area contributed by atoms with Gasteiger partial charge < -0.3 is 4.74 Å². The summed E-state index contributed by atoms with van der Waals surface area (Å²) in [6.45, 7) is 1.45. The normalized spacial score (nSPS) is 11.0. The van der Waals surface area contributed by atoms with E-state index in [1.807, 2.05) is 17.5 Å². The second-order valence-electron chi connectivity index (χ2n) is 5.38. The second kappa shape index (κ2) is 6.77. The Morgan fingerprint density at radius 3 is 2.88 bits per heavy atom. The maximum atomic E-state index is 12.4. The summed E-state index contributed by atoms with van der Waals surface area (Å²) in [5.41, 5.74) is 0.739. The fourth-order valence-electron chi connectivity index (χ4n) is 2.38. The molecule has 0 unspecified atom stereocenters. The molecule has 0 aliphatic heterocycles. The van der Waals surface area contributed by atoms with Gasteiger partial charge in [-0.1, -0.05) is 23.4 Å². The number of hydrogen-bond acceptors (Lipinski definition) is 8. The molecule has 0 N–H and O–H groups in total. The molecular weight excluding hydrogens is 372 g/mol. The maximum Gasteiger partial charge on any atom is 0.352 e. The first-order chi connectivity index (χ1) is 12.6. The van der Waals surface area contributed by atoms with Gasteiger partial charge in [0.15, 0.2) is 6.73 Å². The third-order valence-corrected chi connectivity index (χ3v) is 5.84. The molecule has 4 aromatic rings. The van der Waals surface area contributed by atoms with Crippen molar-refractivity contribution in [3.63, 3.8) is 0 Å². The summed E-state index contributed by atoms with van der Waals surface area (Å²) in [4.78, 5) is 30.6. The van der Waals surface area contributed by atoms with Gasteiger partial charge in [-0.25, -0.2) is 9.78 Å². The van der Waals surface area contributed by atoms with Crippen LogP contribution < -0.4 is 5.56 Å². The van der Waals surface area contributed by atoms with Crippen molar-refractivity contribution >= 4 is 39.5 Å². The minimum Gasteiger partial charge on any atom is -0.438 e. The molecule has 0 amide bonds. The molecule has 3 heterocycles. The molecule has 0 bridgehead atoms. The van der Waals surface area contributed by atoms with E-state index in [1.54, 1.807) is 42.5 Å². The molecular formula is C17H12N4O3S2. The van der Waals surface area contributed by atoms with Crippen LogP contribution in [-0.4, -0.2) is 25.9 Å². The molecule has 0 fully saturated rings. The number of esters is 1. The summed E-state index contributed by atoms with van der Waals surface area (Å²) in [5, 5.41) is 10.9. The molecule has 7 nitrogen and oxygen atoms in total. The van der Waals surface area contributed by atoms with Gasteiger partial charge in [0.25, 0.3) is 5.56 Å². The Kier molecular flexibility index (Phi) is 4.31. The lowest BCUT2D eigenvalue weighted by Gasteiger charge is -2.05. The van der Waals surface area contributed by atoms with Gasteiger partial charge in [0.2, 0.25) is 0 Å². The Morgan fingerprint density at radius 2 is 2.08 bits per heavy atom. The van der Waals surface area contributed by atoms with E-state index < -0.39 is 5.97 Å². The van der Waals surface area contributed by atoms with Gasteiger partial charge in [0, 0.05) is 0 Å². The van der Waals surface area contributed by atoms with Crippen molar-refractivity contribution in [3.05, 3.63) is 62.7 Å². The van der Waals surface area contributed by atoms with Gasteiger partial charge >= 0.3 is 5.97 Å². The van der Waals surface area contributed by atoms with Crippen molar-refractivity contribution in [2.45, 2.75) is 13.7 Å². The number of carbonyl (C=O) groups excluding carboxylic acids is 1. The van der Waals surface area contributed by atoms with Crippen LogP contribution in [0.1, 0.15) is 15.4 Å². The molecule has 4 rings (SSSR count). The molecule has 0 radical (unpaired) electrons. The number of benzene rings is 1. The number of aryl methyl sites for hydroxylation is 1. The van der Waals surface area contributed by atoms with Crippen molar-refractivity contribution < 1.29 is 9.53 Å². The summed E-state index contributed by atoms with van der Waals surface area (Å²) in [7, 11) is 0. The average Bonchev–Trinajstić information content (AvgIpc) is 3.31. The number of thiazole rings is 1. The van der Waals surface area contributed by atoms with Gasteiger partial charge in [-0.15, -0.1) is 27.8 Å². The van der Waals surface area contributed by atoms with Crippen LogP contribution in [0.2, 0.25) is 0 Å². The van der Waals surface area contributed by atoms with Crippen LogP contribution in [0.3, 0.4) is 0 Å². The minimum atomic E-state index is -0.537. The van der Waals surface area contributed by atoms with Crippen LogP contribution in [0.15, 0.2) is 46.6 Å². The van der Waals surface area contributed by atoms with Crippen molar-refractivity contribution in [3.8, 4) is 9.88 Å². The number of nitrogens with zero attached hydrogens (tertiary/aromatic N) is 4. The monoisotopic (exact) mass is 384 g/mol. The Balaban J connectivity index is 1.55. The van der Waals surface area contributed by atoms with Gasteiger partial charge in [-0.3, -0.25) is 4.79 Å². The minimum absolute atomic E-state index is 0.304. The molecule has 9 heteroatoms. The van der Waals surface area contributed by atoms with Crippen LogP contribution in [-0.2, 0) is 11.5 Å². The van der Waals surface area contributed by atoms with E-state index in [2.05, 4.69) is 15.3 Å². The highest BCUT2D eigenvalue weighted by Gasteiger charge is 2.18. The van der Waals surface area contributed by atoms with E-state index in [1.165, 1.54) is 11.3 Å².